The molecular formula is C20H22N4O5. The first-order chi connectivity index (χ1) is 14.0. The van der Waals surface area contributed by atoms with E-state index in [2.05, 4.69) is 35.7 Å². The summed E-state index contributed by atoms with van der Waals surface area (Å²) in [6, 6.07) is 3.46. The van der Waals surface area contributed by atoms with Crippen LogP contribution in [0.25, 0.3) is 0 Å². The van der Waals surface area contributed by atoms with Crippen LogP contribution >= 0.6 is 0 Å². The molecule has 1 N–H and O–H groups in total. The van der Waals surface area contributed by atoms with Crippen LogP contribution in [0.1, 0.15) is 26.2 Å². The van der Waals surface area contributed by atoms with Gasteiger partial charge in [-0.2, -0.15) is 5.10 Å². The molecule has 1 aromatic rings. The largest absolute Gasteiger partial charge is 0.373 e. The van der Waals surface area contributed by atoms with E-state index < -0.39 is 9.85 Å². The number of non-ortho nitro benzene ring substituents is 1. The molecule has 1 saturated heterocycles. The third kappa shape index (κ3) is 3.65. The molecule has 5 atom stereocenters. The van der Waals surface area contributed by atoms with Gasteiger partial charge >= 0.3 is 5.69 Å². The quantitative estimate of drug-likeness (QED) is 0.343. The van der Waals surface area contributed by atoms with Gasteiger partial charge in [-0.05, 0) is 32.3 Å². The Kier molecular flexibility index (Phi) is 5.14. The van der Waals surface area contributed by atoms with Crippen LogP contribution in [-0.4, -0.2) is 28.3 Å². The fraction of sp³-hybridized carbons (Fsp3) is 0.450. The number of fused-ring (bicyclic) bond motifs is 5. The molecule has 0 aromatic heterocycles. The Morgan fingerprint density at radius 3 is 2.62 bits per heavy atom. The van der Waals surface area contributed by atoms with Crippen molar-refractivity contribution < 1.29 is 14.6 Å². The molecule has 2 aliphatic heterocycles. The predicted molar refractivity (Wildman–Crippen MR) is 108 cm³/mol. The first kappa shape index (κ1) is 19.3. The summed E-state index contributed by atoms with van der Waals surface area (Å²) in [5.41, 5.74) is 3.47. The molecule has 0 spiro atoms. The smallest absolute Gasteiger partial charge is 0.301 e. The standard InChI is InChI=1S/C20H22N4O5/c1-12-6-7-13(20-18-5-3-2-4-17(29-18)19(12)20)11-21-22-15-9-8-14(23(25)26)10-16(15)24(27)28/h2-3,6,8-11,13,17-20,22H,4-5,7H2,1H3/b21-11+/t13-,17+,18-,19+,20+/m0/s1. The fourth-order valence-corrected chi connectivity index (χ4v) is 4.75. The maximum Gasteiger partial charge on any atom is 0.301 e. The van der Waals surface area contributed by atoms with Gasteiger partial charge in [0.1, 0.15) is 5.69 Å². The number of nitro groups is 2. The highest BCUT2D eigenvalue weighted by molar-refractivity contribution is 5.69. The van der Waals surface area contributed by atoms with Crippen molar-refractivity contribution in [2.24, 2.45) is 22.9 Å². The van der Waals surface area contributed by atoms with E-state index >= 15 is 0 Å². The molecule has 4 rings (SSSR count). The molecule has 2 bridgehead atoms. The number of benzene rings is 1. The topological polar surface area (TPSA) is 120 Å². The maximum absolute atomic E-state index is 11.3. The highest BCUT2D eigenvalue weighted by Crippen LogP contribution is 2.48. The Morgan fingerprint density at radius 2 is 1.90 bits per heavy atom. The van der Waals surface area contributed by atoms with Gasteiger partial charge in [-0.25, -0.2) is 0 Å². The van der Waals surface area contributed by atoms with Crippen LogP contribution in [-0.2, 0) is 4.74 Å². The van der Waals surface area contributed by atoms with Gasteiger partial charge in [-0.15, -0.1) is 0 Å². The number of hydrogen-bond acceptors (Lipinski definition) is 7. The number of hydrazone groups is 1. The van der Waals surface area contributed by atoms with E-state index in [0.717, 1.165) is 25.3 Å². The van der Waals surface area contributed by atoms with Crippen molar-refractivity contribution in [3.05, 3.63) is 62.2 Å². The lowest BCUT2D eigenvalue weighted by molar-refractivity contribution is -0.393. The lowest BCUT2D eigenvalue weighted by Gasteiger charge is -2.34. The van der Waals surface area contributed by atoms with Crippen LogP contribution < -0.4 is 5.43 Å². The highest BCUT2D eigenvalue weighted by atomic mass is 16.6. The molecule has 152 valence electrons. The number of nitrogens with zero attached hydrogens (tertiary/aromatic N) is 3. The van der Waals surface area contributed by atoms with Crippen LogP contribution in [0, 0.1) is 38.0 Å². The molecule has 9 heteroatoms. The summed E-state index contributed by atoms with van der Waals surface area (Å²) in [6.45, 7) is 2.16. The molecule has 1 fully saturated rings. The van der Waals surface area contributed by atoms with Crippen LogP contribution in [0.15, 0.2) is 47.1 Å². The van der Waals surface area contributed by atoms with Crippen molar-refractivity contribution in [2.75, 3.05) is 5.43 Å². The highest BCUT2D eigenvalue weighted by Gasteiger charge is 2.49. The molecule has 0 unspecified atom stereocenters. The van der Waals surface area contributed by atoms with Crippen molar-refractivity contribution >= 4 is 23.3 Å². The van der Waals surface area contributed by atoms with Crippen LogP contribution in [0.2, 0.25) is 0 Å². The molecule has 2 heterocycles. The normalized spacial score (nSPS) is 30.5. The van der Waals surface area contributed by atoms with Crippen molar-refractivity contribution in [3.8, 4) is 0 Å². The third-order valence-corrected chi connectivity index (χ3v) is 6.07. The Balaban J connectivity index is 1.53. The van der Waals surface area contributed by atoms with E-state index in [1.54, 1.807) is 6.21 Å². The van der Waals surface area contributed by atoms with Gasteiger partial charge in [0, 0.05) is 30.0 Å². The molecule has 9 nitrogen and oxygen atoms in total. The van der Waals surface area contributed by atoms with Gasteiger partial charge in [0.05, 0.1) is 28.1 Å². The number of hydrogen-bond donors (Lipinski definition) is 1. The molecular weight excluding hydrogens is 376 g/mol. The number of anilines is 1. The van der Waals surface area contributed by atoms with Crippen molar-refractivity contribution in [2.45, 2.75) is 38.4 Å². The molecule has 0 amide bonds. The zero-order valence-electron chi connectivity index (χ0n) is 15.9. The number of allylic oxidation sites excluding steroid dienone is 1. The minimum absolute atomic E-state index is 0.122. The summed E-state index contributed by atoms with van der Waals surface area (Å²) in [5, 5.41) is 26.4. The maximum atomic E-state index is 11.3. The molecule has 1 aromatic carbocycles. The van der Waals surface area contributed by atoms with Gasteiger partial charge in [-0.1, -0.05) is 23.8 Å². The van der Waals surface area contributed by atoms with Gasteiger partial charge in [0.2, 0.25) is 0 Å². The summed E-state index contributed by atoms with van der Waals surface area (Å²) >= 11 is 0. The van der Waals surface area contributed by atoms with Gasteiger partial charge in [-0.3, -0.25) is 25.7 Å². The Hall–Kier alpha value is -3.07. The minimum atomic E-state index is -0.661. The van der Waals surface area contributed by atoms with Crippen molar-refractivity contribution in [1.29, 1.82) is 0 Å². The molecule has 29 heavy (non-hydrogen) atoms. The third-order valence-electron chi connectivity index (χ3n) is 6.07. The van der Waals surface area contributed by atoms with Gasteiger partial charge in [0.15, 0.2) is 0 Å². The Morgan fingerprint density at radius 1 is 1.14 bits per heavy atom. The second-order valence-electron chi connectivity index (χ2n) is 7.71. The first-order valence-electron chi connectivity index (χ1n) is 9.65. The summed E-state index contributed by atoms with van der Waals surface area (Å²) in [6.07, 6.45) is 11.4. The summed E-state index contributed by atoms with van der Waals surface area (Å²) in [4.78, 5) is 20.8. The zero-order chi connectivity index (χ0) is 20.5. The molecule has 0 saturated carbocycles. The average molecular weight is 398 g/mol. The summed E-state index contributed by atoms with van der Waals surface area (Å²) in [5.74, 6) is 0.853. The summed E-state index contributed by atoms with van der Waals surface area (Å²) in [7, 11) is 0. The monoisotopic (exact) mass is 398 g/mol. The molecule has 1 aliphatic carbocycles. The second kappa shape index (κ2) is 7.75. The Bertz CT molecular complexity index is 925. The molecule has 3 aliphatic rings. The lowest BCUT2D eigenvalue weighted by atomic mass is 9.68. The van der Waals surface area contributed by atoms with Crippen LogP contribution in [0.3, 0.4) is 0 Å². The predicted octanol–water partition coefficient (Wildman–Crippen LogP) is 4.22. The van der Waals surface area contributed by atoms with E-state index in [0.29, 0.717) is 11.8 Å². The molecule has 0 radical (unpaired) electrons. The Labute approximate surface area is 167 Å². The SMILES string of the molecule is CC1=CC[C@@H](/C=N/Nc2ccc([N+](=O)[O-])cc2[N+](=O)[O-])[C@H]2[C@H]1[C@H]1CC=CC[C@@H]2O1. The van der Waals surface area contributed by atoms with E-state index in [1.807, 2.05) is 0 Å². The van der Waals surface area contributed by atoms with E-state index in [4.69, 9.17) is 4.74 Å². The first-order valence-corrected chi connectivity index (χ1v) is 9.65. The van der Waals surface area contributed by atoms with Crippen molar-refractivity contribution in [1.82, 2.24) is 0 Å². The van der Waals surface area contributed by atoms with E-state index in [9.17, 15) is 20.2 Å². The van der Waals surface area contributed by atoms with Gasteiger partial charge < -0.3 is 4.74 Å². The minimum Gasteiger partial charge on any atom is -0.373 e. The lowest BCUT2D eigenvalue weighted by Crippen LogP contribution is -2.34. The fourth-order valence-electron chi connectivity index (χ4n) is 4.75. The van der Waals surface area contributed by atoms with E-state index in [-0.39, 0.29) is 35.2 Å². The van der Waals surface area contributed by atoms with Crippen molar-refractivity contribution in [3.63, 3.8) is 0 Å². The summed E-state index contributed by atoms with van der Waals surface area (Å²) < 4.78 is 6.28. The number of nitrogens with one attached hydrogen (secondary N) is 1. The van der Waals surface area contributed by atoms with Gasteiger partial charge in [0.25, 0.3) is 5.69 Å². The number of rotatable bonds is 5. The second-order valence-corrected chi connectivity index (χ2v) is 7.71. The number of nitro benzene ring substituents is 2. The van der Waals surface area contributed by atoms with Crippen LogP contribution in [0.4, 0.5) is 17.1 Å². The van der Waals surface area contributed by atoms with Crippen LogP contribution in [0.5, 0.6) is 0 Å². The number of ether oxygens (including phenoxy) is 1. The average Bonchev–Trinajstić information content (AvgIpc) is 2.88. The zero-order valence-corrected chi connectivity index (χ0v) is 15.9. The van der Waals surface area contributed by atoms with E-state index in [1.165, 1.54) is 17.7 Å².